The van der Waals surface area contributed by atoms with Crippen LogP contribution in [0.15, 0.2) is 40.7 Å². The van der Waals surface area contributed by atoms with E-state index in [1.165, 1.54) is 23.0 Å². The fourth-order valence-corrected chi connectivity index (χ4v) is 3.16. The van der Waals surface area contributed by atoms with Gasteiger partial charge in [0.25, 0.3) is 5.56 Å². The Morgan fingerprint density at radius 1 is 1.29 bits per heavy atom. The summed E-state index contributed by atoms with van der Waals surface area (Å²) in [5.74, 6) is 0.414. The van der Waals surface area contributed by atoms with E-state index in [0.29, 0.717) is 23.3 Å². The molecule has 126 valence electrons. The number of hydrogen-bond acceptors (Lipinski definition) is 3. The van der Waals surface area contributed by atoms with E-state index in [2.05, 4.69) is 16.4 Å². The summed E-state index contributed by atoms with van der Waals surface area (Å²) in [6.07, 6.45) is 8.00. The fraction of sp³-hybridized carbons (Fsp3) is 0.421. The highest BCUT2D eigenvalue weighted by Crippen LogP contribution is 2.19. The van der Waals surface area contributed by atoms with Crippen LogP contribution in [0.3, 0.4) is 0 Å². The minimum atomic E-state index is -0.164. The van der Waals surface area contributed by atoms with Gasteiger partial charge in [0, 0.05) is 6.54 Å². The Balaban J connectivity index is 1.65. The maximum absolute atomic E-state index is 12.5. The van der Waals surface area contributed by atoms with Crippen LogP contribution in [-0.4, -0.2) is 22.0 Å². The van der Waals surface area contributed by atoms with Crippen molar-refractivity contribution in [2.45, 2.75) is 45.6 Å². The van der Waals surface area contributed by atoms with Crippen LogP contribution >= 0.6 is 0 Å². The molecule has 1 aromatic carbocycles. The molecule has 1 N–H and O–H groups in total. The second-order valence-electron chi connectivity index (χ2n) is 6.28. The van der Waals surface area contributed by atoms with E-state index >= 15 is 0 Å². The summed E-state index contributed by atoms with van der Waals surface area (Å²) in [7, 11) is 0. The van der Waals surface area contributed by atoms with E-state index in [-0.39, 0.29) is 18.0 Å². The SMILES string of the molecule is Cc1nc2ccccc2c(=O)n1CC(=O)NCCC1=CCCCC1. The number of aromatic nitrogens is 2. The average molecular weight is 325 g/mol. The molecule has 0 bridgehead atoms. The van der Waals surface area contributed by atoms with E-state index in [1.807, 2.05) is 18.2 Å². The zero-order valence-electron chi connectivity index (χ0n) is 14.0. The van der Waals surface area contributed by atoms with Gasteiger partial charge in [0.15, 0.2) is 0 Å². The standard InChI is InChI=1S/C19H23N3O2/c1-14-21-17-10-6-5-9-16(17)19(24)22(14)13-18(23)20-12-11-15-7-3-2-4-8-15/h5-7,9-10H,2-4,8,11-13H2,1H3,(H,20,23). The van der Waals surface area contributed by atoms with E-state index in [4.69, 9.17) is 0 Å². The molecule has 0 saturated heterocycles. The number of amides is 1. The number of para-hydroxylation sites is 1. The lowest BCUT2D eigenvalue weighted by molar-refractivity contribution is -0.121. The molecule has 1 aliphatic carbocycles. The first-order valence-electron chi connectivity index (χ1n) is 8.56. The fourth-order valence-electron chi connectivity index (χ4n) is 3.16. The maximum atomic E-state index is 12.5. The van der Waals surface area contributed by atoms with Gasteiger partial charge in [0.05, 0.1) is 10.9 Å². The Kier molecular flexibility index (Phi) is 5.08. The van der Waals surface area contributed by atoms with Gasteiger partial charge < -0.3 is 5.32 Å². The smallest absolute Gasteiger partial charge is 0.261 e. The first-order valence-corrected chi connectivity index (χ1v) is 8.56. The summed E-state index contributed by atoms with van der Waals surface area (Å²) in [6, 6.07) is 7.22. The summed E-state index contributed by atoms with van der Waals surface area (Å²) in [4.78, 5) is 29.1. The van der Waals surface area contributed by atoms with Gasteiger partial charge in [-0.05, 0) is 51.2 Å². The summed E-state index contributed by atoms with van der Waals surface area (Å²) >= 11 is 0. The number of benzene rings is 1. The summed E-state index contributed by atoms with van der Waals surface area (Å²) in [5, 5.41) is 3.46. The van der Waals surface area contributed by atoms with Gasteiger partial charge in [-0.3, -0.25) is 14.2 Å². The third-order valence-corrected chi connectivity index (χ3v) is 4.51. The Morgan fingerprint density at radius 3 is 2.92 bits per heavy atom. The van der Waals surface area contributed by atoms with Gasteiger partial charge >= 0.3 is 0 Å². The number of carbonyl (C=O) groups excluding carboxylic acids is 1. The van der Waals surface area contributed by atoms with Crippen molar-refractivity contribution in [3.8, 4) is 0 Å². The normalized spacial score (nSPS) is 14.5. The topological polar surface area (TPSA) is 64.0 Å². The van der Waals surface area contributed by atoms with Gasteiger partial charge in [0.2, 0.25) is 5.91 Å². The van der Waals surface area contributed by atoms with Gasteiger partial charge in [-0.2, -0.15) is 0 Å². The molecule has 0 fully saturated rings. The van der Waals surface area contributed by atoms with Crippen molar-refractivity contribution >= 4 is 16.8 Å². The van der Waals surface area contributed by atoms with Crippen LogP contribution in [-0.2, 0) is 11.3 Å². The number of aryl methyl sites for hydroxylation is 1. The quantitative estimate of drug-likeness (QED) is 0.860. The molecule has 1 amide bonds. The number of fused-ring (bicyclic) bond motifs is 1. The van der Waals surface area contributed by atoms with Gasteiger partial charge in [-0.15, -0.1) is 0 Å². The van der Waals surface area contributed by atoms with Crippen molar-refractivity contribution < 1.29 is 4.79 Å². The minimum Gasteiger partial charge on any atom is -0.354 e. The Hall–Kier alpha value is -2.43. The number of rotatable bonds is 5. The third-order valence-electron chi connectivity index (χ3n) is 4.51. The van der Waals surface area contributed by atoms with Crippen molar-refractivity contribution in [3.63, 3.8) is 0 Å². The molecule has 2 aromatic rings. The molecule has 0 unspecified atom stereocenters. The predicted molar refractivity (Wildman–Crippen MR) is 94.9 cm³/mol. The minimum absolute atomic E-state index is 0.0154. The third kappa shape index (κ3) is 3.72. The molecule has 24 heavy (non-hydrogen) atoms. The second kappa shape index (κ2) is 7.43. The molecule has 0 saturated carbocycles. The molecule has 1 aliphatic rings. The van der Waals surface area contributed by atoms with Crippen LogP contribution in [0.1, 0.15) is 37.9 Å². The molecular weight excluding hydrogens is 302 g/mol. The van der Waals surface area contributed by atoms with Crippen LogP contribution in [0.5, 0.6) is 0 Å². The number of allylic oxidation sites excluding steroid dienone is 1. The zero-order chi connectivity index (χ0) is 16.9. The first-order chi connectivity index (χ1) is 11.6. The number of hydrogen-bond donors (Lipinski definition) is 1. The molecule has 3 rings (SSSR count). The molecule has 0 spiro atoms. The Labute approximate surface area is 141 Å². The van der Waals surface area contributed by atoms with E-state index < -0.39 is 0 Å². The summed E-state index contributed by atoms with van der Waals surface area (Å²) < 4.78 is 1.44. The second-order valence-corrected chi connectivity index (χ2v) is 6.28. The molecule has 0 aliphatic heterocycles. The van der Waals surface area contributed by atoms with E-state index in [1.54, 1.807) is 13.0 Å². The van der Waals surface area contributed by atoms with Crippen molar-refractivity contribution in [1.82, 2.24) is 14.9 Å². The molecule has 5 heteroatoms. The molecule has 1 aromatic heterocycles. The van der Waals surface area contributed by atoms with Crippen LogP contribution in [0.2, 0.25) is 0 Å². The van der Waals surface area contributed by atoms with Crippen molar-refractivity contribution in [3.05, 3.63) is 52.1 Å². The van der Waals surface area contributed by atoms with Gasteiger partial charge in [-0.1, -0.05) is 23.8 Å². The number of nitrogens with zero attached hydrogens (tertiary/aromatic N) is 2. The zero-order valence-corrected chi connectivity index (χ0v) is 14.0. The first kappa shape index (κ1) is 16.4. The van der Waals surface area contributed by atoms with E-state index in [9.17, 15) is 9.59 Å². The molecule has 1 heterocycles. The average Bonchev–Trinajstić information content (AvgIpc) is 2.59. The highest BCUT2D eigenvalue weighted by atomic mass is 16.2. The van der Waals surface area contributed by atoms with Crippen LogP contribution in [0.4, 0.5) is 0 Å². The largest absolute Gasteiger partial charge is 0.354 e. The predicted octanol–water partition coefficient (Wildman–Crippen LogP) is 2.71. The molecule has 5 nitrogen and oxygen atoms in total. The highest BCUT2D eigenvalue weighted by molar-refractivity contribution is 5.79. The summed E-state index contributed by atoms with van der Waals surface area (Å²) in [6.45, 7) is 2.40. The van der Waals surface area contributed by atoms with Crippen molar-refractivity contribution in [1.29, 1.82) is 0 Å². The molecule has 0 radical (unpaired) electrons. The van der Waals surface area contributed by atoms with Crippen LogP contribution in [0.25, 0.3) is 10.9 Å². The lowest BCUT2D eigenvalue weighted by Gasteiger charge is -2.14. The Bertz CT molecular complexity index is 836. The summed E-state index contributed by atoms with van der Waals surface area (Å²) in [5.41, 5.74) is 1.94. The number of nitrogens with one attached hydrogen (secondary N) is 1. The van der Waals surface area contributed by atoms with Gasteiger partial charge in [-0.25, -0.2) is 4.98 Å². The van der Waals surface area contributed by atoms with Crippen molar-refractivity contribution in [2.24, 2.45) is 0 Å². The monoisotopic (exact) mass is 325 g/mol. The highest BCUT2D eigenvalue weighted by Gasteiger charge is 2.11. The lowest BCUT2D eigenvalue weighted by atomic mass is 9.97. The van der Waals surface area contributed by atoms with Gasteiger partial charge in [0.1, 0.15) is 12.4 Å². The lowest BCUT2D eigenvalue weighted by Crippen LogP contribution is -2.34. The number of carbonyl (C=O) groups is 1. The molecule has 0 atom stereocenters. The van der Waals surface area contributed by atoms with Crippen LogP contribution in [0, 0.1) is 6.92 Å². The maximum Gasteiger partial charge on any atom is 0.261 e. The van der Waals surface area contributed by atoms with Crippen LogP contribution < -0.4 is 10.9 Å². The van der Waals surface area contributed by atoms with Crippen molar-refractivity contribution in [2.75, 3.05) is 6.54 Å². The van der Waals surface area contributed by atoms with E-state index in [0.717, 1.165) is 19.3 Å². The Morgan fingerprint density at radius 2 is 2.12 bits per heavy atom. The molecular formula is C19H23N3O2.